The largest absolute Gasteiger partial charge is 0.422 e. The molecule has 4 rings (SSSR count). The molecule has 0 N–H and O–H groups in total. The maximum atomic E-state index is 12.2. The molecule has 106 valence electrons. The Balaban J connectivity index is 1.89. The van der Waals surface area contributed by atoms with Gasteiger partial charge in [0.15, 0.2) is 0 Å². The zero-order valence-corrected chi connectivity index (χ0v) is 11.8. The van der Waals surface area contributed by atoms with E-state index in [-0.39, 0.29) is 5.63 Å². The molecule has 3 heteroatoms. The van der Waals surface area contributed by atoms with Crippen LogP contribution in [0.4, 0.5) is 0 Å². The summed E-state index contributed by atoms with van der Waals surface area (Å²) in [7, 11) is 0. The van der Waals surface area contributed by atoms with Crippen LogP contribution < -0.4 is 5.63 Å². The summed E-state index contributed by atoms with van der Waals surface area (Å²) in [5.74, 6) is 0. The predicted molar refractivity (Wildman–Crippen MR) is 87.0 cm³/mol. The van der Waals surface area contributed by atoms with Crippen molar-refractivity contribution >= 4 is 21.9 Å². The van der Waals surface area contributed by atoms with Crippen LogP contribution in [0.5, 0.6) is 0 Å². The quantitative estimate of drug-likeness (QED) is 0.414. The summed E-state index contributed by atoms with van der Waals surface area (Å²) in [5.41, 5.74) is 3.12. The van der Waals surface area contributed by atoms with Gasteiger partial charge in [-0.1, -0.05) is 42.5 Å². The Hall–Kier alpha value is -2.94. The standard InChI is InChI=1S/C19H13NO2/c21-19-16-11-14(10-13-6-2-1-3-7-13)12-20-18(16)15-8-4-5-9-17(15)22-19/h1-9,11-12H,10H2. The van der Waals surface area contributed by atoms with Crippen LogP contribution in [-0.4, -0.2) is 4.98 Å². The van der Waals surface area contributed by atoms with Crippen molar-refractivity contribution in [2.45, 2.75) is 6.42 Å². The van der Waals surface area contributed by atoms with Crippen LogP contribution in [0.25, 0.3) is 21.9 Å². The maximum Gasteiger partial charge on any atom is 0.345 e. The fourth-order valence-electron chi connectivity index (χ4n) is 2.71. The highest BCUT2D eigenvalue weighted by atomic mass is 16.4. The third kappa shape index (κ3) is 2.17. The summed E-state index contributed by atoms with van der Waals surface area (Å²) in [6.07, 6.45) is 2.58. The molecule has 0 unspecified atom stereocenters. The Morgan fingerprint density at radius 2 is 1.64 bits per heavy atom. The Morgan fingerprint density at radius 3 is 2.50 bits per heavy atom. The van der Waals surface area contributed by atoms with E-state index in [9.17, 15) is 4.79 Å². The van der Waals surface area contributed by atoms with E-state index in [2.05, 4.69) is 17.1 Å². The SMILES string of the molecule is O=c1oc2ccccc2c2ncc(Cc3ccccc3)cc12. The first-order chi connectivity index (χ1) is 10.8. The lowest BCUT2D eigenvalue weighted by atomic mass is 10.0. The number of para-hydroxylation sites is 1. The molecule has 0 saturated carbocycles. The molecule has 2 aromatic heterocycles. The lowest BCUT2D eigenvalue weighted by Crippen LogP contribution is -2.02. The number of nitrogens with zero attached hydrogens (tertiary/aromatic N) is 1. The van der Waals surface area contributed by atoms with E-state index in [1.54, 1.807) is 6.07 Å². The fourth-order valence-corrected chi connectivity index (χ4v) is 2.71. The van der Waals surface area contributed by atoms with Gasteiger partial charge in [-0.15, -0.1) is 0 Å². The third-order valence-electron chi connectivity index (χ3n) is 3.76. The van der Waals surface area contributed by atoms with Gasteiger partial charge in [-0.2, -0.15) is 0 Å². The molecule has 0 aliphatic carbocycles. The molecular formula is C19H13NO2. The molecule has 2 aromatic carbocycles. The number of benzene rings is 2. The average Bonchev–Trinajstić information content (AvgIpc) is 2.56. The van der Waals surface area contributed by atoms with Crippen molar-refractivity contribution < 1.29 is 4.42 Å². The molecule has 0 radical (unpaired) electrons. The normalized spacial score (nSPS) is 11.1. The Bertz CT molecular complexity index is 1020. The highest BCUT2D eigenvalue weighted by molar-refractivity contribution is 6.01. The lowest BCUT2D eigenvalue weighted by molar-refractivity contribution is 0.569. The minimum Gasteiger partial charge on any atom is -0.422 e. The van der Waals surface area contributed by atoms with Gasteiger partial charge >= 0.3 is 5.63 Å². The molecule has 0 bridgehead atoms. The van der Waals surface area contributed by atoms with Gasteiger partial charge in [0.2, 0.25) is 0 Å². The first-order valence-electron chi connectivity index (χ1n) is 7.16. The highest BCUT2D eigenvalue weighted by Crippen LogP contribution is 2.22. The predicted octanol–water partition coefficient (Wildman–Crippen LogP) is 3.93. The molecule has 22 heavy (non-hydrogen) atoms. The summed E-state index contributed by atoms with van der Waals surface area (Å²) in [6.45, 7) is 0. The van der Waals surface area contributed by atoms with Crippen molar-refractivity contribution in [3.8, 4) is 0 Å². The molecule has 0 aliphatic heterocycles. The van der Waals surface area contributed by atoms with Crippen molar-refractivity contribution in [3.63, 3.8) is 0 Å². The minimum atomic E-state index is -0.337. The first-order valence-corrected chi connectivity index (χ1v) is 7.16. The van der Waals surface area contributed by atoms with Crippen molar-refractivity contribution in [2.24, 2.45) is 0 Å². The molecule has 4 aromatic rings. The highest BCUT2D eigenvalue weighted by Gasteiger charge is 2.09. The molecule has 0 fully saturated rings. The van der Waals surface area contributed by atoms with Crippen LogP contribution in [0, 0.1) is 0 Å². The Kier molecular flexibility index (Phi) is 2.97. The zero-order valence-electron chi connectivity index (χ0n) is 11.8. The van der Waals surface area contributed by atoms with Crippen molar-refractivity contribution in [1.29, 1.82) is 0 Å². The van der Waals surface area contributed by atoms with E-state index in [1.807, 2.05) is 48.7 Å². The zero-order chi connectivity index (χ0) is 14.9. The smallest absolute Gasteiger partial charge is 0.345 e. The molecule has 0 atom stereocenters. The lowest BCUT2D eigenvalue weighted by Gasteiger charge is -2.05. The van der Waals surface area contributed by atoms with Crippen LogP contribution in [0.1, 0.15) is 11.1 Å². The van der Waals surface area contributed by atoms with E-state index in [4.69, 9.17) is 4.42 Å². The van der Waals surface area contributed by atoms with Crippen molar-refractivity contribution in [3.05, 3.63) is 88.4 Å². The van der Waals surface area contributed by atoms with Gasteiger partial charge in [-0.05, 0) is 35.7 Å². The summed E-state index contributed by atoms with van der Waals surface area (Å²) < 4.78 is 5.38. The first kappa shape index (κ1) is 12.8. The Morgan fingerprint density at radius 1 is 0.864 bits per heavy atom. The minimum absolute atomic E-state index is 0.337. The van der Waals surface area contributed by atoms with Crippen LogP contribution >= 0.6 is 0 Å². The van der Waals surface area contributed by atoms with E-state index >= 15 is 0 Å². The molecule has 0 aliphatic rings. The molecular weight excluding hydrogens is 274 g/mol. The number of pyridine rings is 1. The van der Waals surface area contributed by atoms with E-state index < -0.39 is 0 Å². The summed E-state index contributed by atoms with van der Waals surface area (Å²) in [6, 6.07) is 19.5. The van der Waals surface area contributed by atoms with Gasteiger partial charge in [-0.3, -0.25) is 4.98 Å². The van der Waals surface area contributed by atoms with Gasteiger partial charge in [0.25, 0.3) is 0 Å². The van der Waals surface area contributed by atoms with Crippen LogP contribution in [0.2, 0.25) is 0 Å². The fraction of sp³-hybridized carbons (Fsp3) is 0.0526. The molecule has 3 nitrogen and oxygen atoms in total. The third-order valence-corrected chi connectivity index (χ3v) is 3.76. The number of fused-ring (bicyclic) bond motifs is 3. The maximum absolute atomic E-state index is 12.2. The second-order valence-corrected chi connectivity index (χ2v) is 5.29. The van der Waals surface area contributed by atoms with Crippen molar-refractivity contribution in [2.75, 3.05) is 0 Å². The topological polar surface area (TPSA) is 43.1 Å². The second kappa shape index (κ2) is 5.11. The van der Waals surface area contributed by atoms with Gasteiger partial charge in [0, 0.05) is 11.6 Å². The number of hydrogen-bond donors (Lipinski definition) is 0. The number of hydrogen-bond acceptors (Lipinski definition) is 3. The average molecular weight is 287 g/mol. The van der Waals surface area contributed by atoms with E-state index in [1.165, 1.54) is 5.56 Å². The van der Waals surface area contributed by atoms with Crippen LogP contribution in [0.15, 0.2) is 76.1 Å². The van der Waals surface area contributed by atoms with Crippen molar-refractivity contribution in [1.82, 2.24) is 4.98 Å². The second-order valence-electron chi connectivity index (χ2n) is 5.29. The molecule has 2 heterocycles. The van der Waals surface area contributed by atoms with Crippen LogP contribution in [0.3, 0.4) is 0 Å². The van der Waals surface area contributed by atoms with E-state index in [0.717, 1.165) is 17.4 Å². The number of aromatic nitrogens is 1. The summed E-state index contributed by atoms with van der Waals surface area (Å²) in [4.78, 5) is 16.7. The Labute approximate surface area is 126 Å². The van der Waals surface area contributed by atoms with Gasteiger partial charge in [0.05, 0.1) is 10.9 Å². The number of rotatable bonds is 2. The van der Waals surface area contributed by atoms with Crippen LogP contribution in [-0.2, 0) is 6.42 Å². The van der Waals surface area contributed by atoms with E-state index in [0.29, 0.717) is 16.5 Å². The summed E-state index contributed by atoms with van der Waals surface area (Å²) in [5, 5.41) is 1.40. The van der Waals surface area contributed by atoms with Gasteiger partial charge < -0.3 is 4.42 Å². The van der Waals surface area contributed by atoms with Gasteiger partial charge in [-0.25, -0.2) is 4.79 Å². The molecule has 0 saturated heterocycles. The summed E-state index contributed by atoms with van der Waals surface area (Å²) >= 11 is 0. The van der Waals surface area contributed by atoms with Gasteiger partial charge in [0.1, 0.15) is 5.58 Å². The molecule has 0 spiro atoms. The molecule has 0 amide bonds. The monoisotopic (exact) mass is 287 g/mol.